The molecule has 2 N–H and O–H groups in total. The van der Waals surface area contributed by atoms with E-state index in [9.17, 15) is 17.2 Å². The van der Waals surface area contributed by atoms with E-state index in [0.717, 1.165) is 25.6 Å². The Hall–Kier alpha value is -2.26. The molecular formula is C17H20F2N4O2S. The molecule has 0 unspecified atom stereocenters. The van der Waals surface area contributed by atoms with Gasteiger partial charge in [0.05, 0.1) is 0 Å². The monoisotopic (exact) mass is 382 g/mol. The fraction of sp³-hybridized carbons (Fsp3) is 0.353. The second-order valence-electron chi connectivity index (χ2n) is 6.28. The van der Waals surface area contributed by atoms with Gasteiger partial charge in [-0.3, -0.25) is 4.72 Å². The van der Waals surface area contributed by atoms with Gasteiger partial charge in [0.15, 0.2) is 0 Å². The minimum Gasteiger partial charge on any atom is -0.370 e. The Labute approximate surface area is 151 Å². The van der Waals surface area contributed by atoms with Crippen molar-refractivity contribution in [3.8, 4) is 0 Å². The molecule has 1 aromatic carbocycles. The number of rotatable bonds is 5. The molecule has 1 aliphatic rings. The molecule has 0 radical (unpaired) electrons. The Morgan fingerprint density at radius 3 is 2.73 bits per heavy atom. The van der Waals surface area contributed by atoms with E-state index in [4.69, 9.17) is 0 Å². The highest BCUT2D eigenvalue weighted by Gasteiger charge is 2.25. The molecule has 0 amide bonds. The van der Waals surface area contributed by atoms with Crippen molar-refractivity contribution in [1.82, 2.24) is 10.3 Å². The molecule has 1 aliphatic heterocycles. The molecule has 2 heterocycles. The van der Waals surface area contributed by atoms with E-state index in [0.29, 0.717) is 11.3 Å². The first-order valence-corrected chi connectivity index (χ1v) is 9.65. The van der Waals surface area contributed by atoms with Gasteiger partial charge in [-0.1, -0.05) is 6.07 Å². The molecule has 140 valence electrons. The fourth-order valence-electron chi connectivity index (χ4n) is 3.05. The van der Waals surface area contributed by atoms with Crippen LogP contribution >= 0.6 is 0 Å². The number of aromatic nitrogens is 1. The Balaban J connectivity index is 1.91. The summed E-state index contributed by atoms with van der Waals surface area (Å²) in [5, 5.41) is 3.25. The van der Waals surface area contributed by atoms with Crippen LogP contribution in [-0.2, 0) is 10.0 Å². The van der Waals surface area contributed by atoms with Crippen LogP contribution in [0.5, 0.6) is 0 Å². The van der Waals surface area contributed by atoms with Crippen molar-refractivity contribution in [3.05, 3.63) is 47.7 Å². The van der Waals surface area contributed by atoms with Crippen LogP contribution in [0.25, 0.3) is 0 Å². The summed E-state index contributed by atoms with van der Waals surface area (Å²) in [6, 6.07) is 6.43. The first-order valence-electron chi connectivity index (χ1n) is 8.17. The van der Waals surface area contributed by atoms with Crippen molar-refractivity contribution in [2.75, 3.05) is 29.8 Å². The standard InChI is InChI=1S/C17H20F2N4O2S/c1-11-8-15(26(24,25)22-17-5-3-4-16(19)21-17)13(18)9-14(11)23(2)12-6-7-20-10-12/h3-5,8-9,12,20H,6-7,10H2,1-2H3,(H,21,22)/t12-/m0/s1. The summed E-state index contributed by atoms with van der Waals surface area (Å²) in [7, 11) is -2.37. The summed E-state index contributed by atoms with van der Waals surface area (Å²) in [5.74, 6) is -1.91. The number of aryl methyl sites for hydroxylation is 1. The van der Waals surface area contributed by atoms with E-state index in [1.54, 1.807) is 6.92 Å². The predicted octanol–water partition coefficient (Wildman–Crippen LogP) is 2.27. The highest BCUT2D eigenvalue weighted by atomic mass is 32.2. The lowest BCUT2D eigenvalue weighted by atomic mass is 10.1. The molecule has 0 aliphatic carbocycles. The second-order valence-corrected chi connectivity index (χ2v) is 7.93. The van der Waals surface area contributed by atoms with Crippen molar-refractivity contribution in [3.63, 3.8) is 0 Å². The van der Waals surface area contributed by atoms with Crippen LogP contribution in [-0.4, -0.2) is 39.6 Å². The van der Waals surface area contributed by atoms with E-state index >= 15 is 0 Å². The topological polar surface area (TPSA) is 74.3 Å². The maximum atomic E-state index is 14.6. The maximum Gasteiger partial charge on any atom is 0.265 e. The number of hydrogen-bond acceptors (Lipinski definition) is 5. The number of hydrogen-bond donors (Lipinski definition) is 2. The largest absolute Gasteiger partial charge is 0.370 e. The van der Waals surface area contributed by atoms with Gasteiger partial charge in [0.1, 0.15) is 16.5 Å². The molecule has 0 saturated carbocycles. The number of nitrogens with zero attached hydrogens (tertiary/aromatic N) is 2. The van der Waals surface area contributed by atoms with Crippen LogP contribution in [0.15, 0.2) is 35.2 Å². The Morgan fingerprint density at radius 2 is 2.08 bits per heavy atom. The molecule has 26 heavy (non-hydrogen) atoms. The van der Waals surface area contributed by atoms with Gasteiger partial charge in [0, 0.05) is 25.3 Å². The lowest BCUT2D eigenvalue weighted by molar-refractivity contribution is 0.567. The van der Waals surface area contributed by atoms with Crippen LogP contribution in [0.4, 0.5) is 20.3 Å². The molecule has 6 nitrogen and oxygen atoms in total. The van der Waals surface area contributed by atoms with Gasteiger partial charge in [0.2, 0.25) is 5.95 Å². The average Bonchev–Trinajstić information content (AvgIpc) is 3.10. The second kappa shape index (κ2) is 7.16. The summed E-state index contributed by atoms with van der Waals surface area (Å²) >= 11 is 0. The Morgan fingerprint density at radius 1 is 1.31 bits per heavy atom. The number of halogens is 2. The summed E-state index contributed by atoms with van der Waals surface area (Å²) in [4.78, 5) is 4.90. The molecule has 1 atom stereocenters. The molecule has 1 saturated heterocycles. The number of pyridine rings is 1. The predicted molar refractivity (Wildman–Crippen MR) is 95.8 cm³/mol. The zero-order chi connectivity index (χ0) is 18.9. The SMILES string of the molecule is Cc1cc(S(=O)(=O)Nc2cccc(F)n2)c(F)cc1N(C)[C@H]1CCNC1. The van der Waals surface area contributed by atoms with Crippen LogP contribution in [0, 0.1) is 18.7 Å². The maximum absolute atomic E-state index is 14.6. The van der Waals surface area contributed by atoms with Gasteiger partial charge < -0.3 is 10.2 Å². The van der Waals surface area contributed by atoms with Crippen molar-refractivity contribution in [2.24, 2.45) is 0 Å². The highest BCUT2D eigenvalue weighted by Crippen LogP contribution is 2.29. The lowest BCUT2D eigenvalue weighted by Crippen LogP contribution is -2.34. The van der Waals surface area contributed by atoms with Crippen LogP contribution in [0.2, 0.25) is 0 Å². The molecule has 1 aromatic heterocycles. The van der Waals surface area contributed by atoms with Gasteiger partial charge in [-0.2, -0.15) is 4.39 Å². The highest BCUT2D eigenvalue weighted by molar-refractivity contribution is 7.92. The smallest absolute Gasteiger partial charge is 0.265 e. The summed E-state index contributed by atoms with van der Waals surface area (Å²) in [6.45, 7) is 3.42. The Kier molecular flexibility index (Phi) is 5.10. The zero-order valence-corrected chi connectivity index (χ0v) is 15.3. The van der Waals surface area contributed by atoms with Crippen molar-refractivity contribution in [2.45, 2.75) is 24.3 Å². The number of sulfonamides is 1. The number of anilines is 2. The summed E-state index contributed by atoms with van der Waals surface area (Å²) in [6.07, 6.45) is 0.935. The van der Waals surface area contributed by atoms with Gasteiger partial charge in [0.25, 0.3) is 10.0 Å². The first kappa shape index (κ1) is 18.5. The quantitative estimate of drug-likeness (QED) is 0.776. The van der Waals surface area contributed by atoms with Crippen LogP contribution in [0.3, 0.4) is 0 Å². The van der Waals surface area contributed by atoms with E-state index in [1.165, 1.54) is 24.3 Å². The first-order chi connectivity index (χ1) is 12.3. The fourth-order valence-corrected chi connectivity index (χ4v) is 4.20. The summed E-state index contributed by atoms with van der Waals surface area (Å²) < 4.78 is 54.8. The third-order valence-electron chi connectivity index (χ3n) is 4.46. The molecule has 0 bridgehead atoms. The van der Waals surface area contributed by atoms with Gasteiger partial charge in [-0.25, -0.2) is 17.8 Å². The van der Waals surface area contributed by atoms with Crippen molar-refractivity contribution in [1.29, 1.82) is 0 Å². The van der Waals surface area contributed by atoms with Crippen LogP contribution < -0.4 is 14.9 Å². The molecule has 1 fully saturated rings. The van der Waals surface area contributed by atoms with Gasteiger partial charge in [-0.15, -0.1) is 0 Å². The minimum absolute atomic E-state index is 0.208. The third-order valence-corrected chi connectivity index (χ3v) is 5.83. The average molecular weight is 382 g/mol. The molecule has 9 heteroatoms. The summed E-state index contributed by atoms with van der Waals surface area (Å²) in [5.41, 5.74) is 1.27. The molecular weight excluding hydrogens is 362 g/mol. The van der Waals surface area contributed by atoms with Crippen molar-refractivity contribution < 1.29 is 17.2 Å². The van der Waals surface area contributed by atoms with E-state index < -0.39 is 26.7 Å². The lowest BCUT2D eigenvalue weighted by Gasteiger charge is -2.28. The zero-order valence-electron chi connectivity index (χ0n) is 14.5. The van der Waals surface area contributed by atoms with Gasteiger partial charge >= 0.3 is 0 Å². The van der Waals surface area contributed by atoms with Gasteiger partial charge in [-0.05, 0) is 49.7 Å². The third kappa shape index (κ3) is 3.78. The minimum atomic E-state index is -4.23. The van der Waals surface area contributed by atoms with E-state index in [1.807, 2.05) is 11.9 Å². The number of benzene rings is 1. The van der Waals surface area contributed by atoms with Crippen LogP contribution in [0.1, 0.15) is 12.0 Å². The van der Waals surface area contributed by atoms with E-state index in [-0.39, 0.29) is 11.9 Å². The normalized spacial score (nSPS) is 17.3. The molecule has 0 spiro atoms. The van der Waals surface area contributed by atoms with Crippen molar-refractivity contribution >= 4 is 21.5 Å². The number of likely N-dealkylation sites (N-methyl/N-ethyl adjacent to an activating group) is 1. The van der Waals surface area contributed by atoms with E-state index in [2.05, 4.69) is 15.0 Å². The molecule has 3 rings (SSSR count). The molecule has 2 aromatic rings. The Bertz CT molecular complexity index is 915. The number of nitrogens with one attached hydrogen (secondary N) is 2.